The monoisotopic (exact) mass is 272 g/mol. The molecule has 0 spiro atoms. The van der Waals surface area contributed by atoms with Crippen molar-refractivity contribution in [3.63, 3.8) is 0 Å². The van der Waals surface area contributed by atoms with E-state index in [1.807, 2.05) is 0 Å². The van der Waals surface area contributed by atoms with Crippen molar-refractivity contribution >= 4 is 5.69 Å². The highest BCUT2D eigenvalue weighted by Gasteiger charge is 2.13. The number of nitro benzene ring substituents is 1. The topological polar surface area (TPSA) is 84.6 Å². The van der Waals surface area contributed by atoms with Crippen molar-refractivity contribution in [1.82, 2.24) is 5.32 Å². The van der Waals surface area contributed by atoms with Gasteiger partial charge in [-0.25, -0.2) is 0 Å². The molecule has 0 aliphatic carbocycles. The van der Waals surface area contributed by atoms with Gasteiger partial charge in [-0.2, -0.15) is 4.39 Å². The summed E-state index contributed by atoms with van der Waals surface area (Å²) in [6.07, 6.45) is 0.773. The lowest BCUT2D eigenvalue weighted by Crippen LogP contribution is -2.17. The molecule has 0 heterocycles. The molecule has 0 radical (unpaired) electrons. The van der Waals surface area contributed by atoms with E-state index in [2.05, 4.69) is 5.32 Å². The Hall–Kier alpha value is -1.57. The highest BCUT2D eigenvalue weighted by atomic mass is 19.1. The summed E-state index contributed by atoms with van der Waals surface area (Å²) in [4.78, 5) is 9.69. The van der Waals surface area contributed by atoms with E-state index in [0.717, 1.165) is 18.6 Å². The molecular formula is C12H17FN2O4. The van der Waals surface area contributed by atoms with Gasteiger partial charge in [-0.15, -0.1) is 0 Å². The van der Waals surface area contributed by atoms with E-state index in [9.17, 15) is 14.5 Å². The van der Waals surface area contributed by atoms with Crippen molar-refractivity contribution in [2.45, 2.75) is 13.0 Å². The lowest BCUT2D eigenvalue weighted by molar-refractivity contribution is -0.387. The minimum absolute atomic E-state index is 0.00943. The van der Waals surface area contributed by atoms with Crippen LogP contribution in [0, 0.1) is 15.9 Å². The average molecular weight is 272 g/mol. The standard InChI is InChI=1S/C12H17FN2O4/c13-11-8-10(2-3-12(11)15(17)18)9-14-4-1-6-19-7-5-16/h2-3,8,14,16H,1,4-7,9H2. The van der Waals surface area contributed by atoms with E-state index in [1.165, 1.54) is 6.07 Å². The Kier molecular flexibility index (Phi) is 6.94. The van der Waals surface area contributed by atoms with E-state index in [-0.39, 0.29) is 6.61 Å². The Morgan fingerprint density at radius 1 is 1.42 bits per heavy atom. The maximum atomic E-state index is 13.3. The number of nitro groups is 1. The van der Waals surface area contributed by atoms with Crippen LogP contribution in [-0.4, -0.2) is 36.4 Å². The first-order valence-electron chi connectivity index (χ1n) is 5.97. The van der Waals surface area contributed by atoms with Crippen molar-refractivity contribution < 1.29 is 19.2 Å². The third-order valence-corrected chi connectivity index (χ3v) is 2.42. The number of hydrogen-bond donors (Lipinski definition) is 2. The largest absolute Gasteiger partial charge is 0.394 e. The molecule has 0 saturated carbocycles. The summed E-state index contributed by atoms with van der Waals surface area (Å²) in [5.74, 6) is -0.824. The molecule has 1 aromatic carbocycles. The summed E-state index contributed by atoms with van der Waals surface area (Å²) in [6.45, 7) is 2.00. The van der Waals surface area contributed by atoms with Crippen LogP contribution < -0.4 is 5.32 Å². The zero-order valence-corrected chi connectivity index (χ0v) is 10.5. The van der Waals surface area contributed by atoms with Crippen LogP contribution in [0.2, 0.25) is 0 Å². The van der Waals surface area contributed by atoms with Crippen LogP contribution in [0.15, 0.2) is 18.2 Å². The number of aliphatic hydroxyl groups excluding tert-OH is 1. The third-order valence-electron chi connectivity index (χ3n) is 2.42. The quantitative estimate of drug-likeness (QED) is 0.401. The van der Waals surface area contributed by atoms with Crippen molar-refractivity contribution in [2.24, 2.45) is 0 Å². The van der Waals surface area contributed by atoms with E-state index < -0.39 is 16.4 Å². The van der Waals surface area contributed by atoms with Gasteiger partial charge in [0.25, 0.3) is 0 Å². The Morgan fingerprint density at radius 3 is 2.84 bits per heavy atom. The van der Waals surface area contributed by atoms with Gasteiger partial charge in [0.05, 0.1) is 18.1 Å². The van der Waals surface area contributed by atoms with Crippen LogP contribution in [0.25, 0.3) is 0 Å². The Bertz CT molecular complexity index is 415. The van der Waals surface area contributed by atoms with Gasteiger partial charge in [0.2, 0.25) is 5.82 Å². The van der Waals surface area contributed by atoms with Gasteiger partial charge in [0.1, 0.15) is 0 Å². The number of ether oxygens (including phenoxy) is 1. The van der Waals surface area contributed by atoms with Crippen molar-refractivity contribution in [2.75, 3.05) is 26.4 Å². The van der Waals surface area contributed by atoms with Crippen molar-refractivity contribution in [3.05, 3.63) is 39.7 Å². The molecule has 0 atom stereocenters. The van der Waals surface area contributed by atoms with Crippen LogP contribution in [0.1, 0.15) is 12.0 Å². The summed E-state index contributed by atoms with van der Waals surface area (Å²) < 4.78 is 18.4. The van der Waals surface area contributed by atoms with Gasteiger partial charge < -0.3 is 15.2 Å². The van der Waals surface area contributed by atoms with E-state index in [4.69, 9.17) is 9.84 Å². The molecule has 7 heteroatoms. The Morgan fingerprint density at radius 2 is 2.21 bits per heavy atom. The van der Waals surface area contributed by atoms with E-state index in [1.54, 1.807) is 0 Å². The normalized spacial score (nSPS) is 10.6. The maximum Gasteiger partial charge on any atom is 0.304 e. The fraction of sp³-hybridized carbons (Fsp3) is 0.500. The van der Waals surface area contributed by atoms with Crippen molar-refractivity contribution in [1.29, 1.82) is 0 Å². The maximum absolute atomic E-state index is 13.3. The molecular weight excluding hydrogens is 255 g/mol. The second-order valence-electron chi connectivity index (χ2n) is 3.91. The summed E-state index contributed by atoms with van der Waals surface area (Å²) >= 11 is 0. The minimum atomic E-state index is -0.824. The number of nitrogens with one attached hydrogen (secondary N) is 1. The van der Waals surface area contributed by atoms with E-state index in [0.29, 0.717) is 31.9 Å². The molecule has 0 bridgehead atoms. The van der Waals surface area contributed by atoms with Crippen LogP contribution in [-0.2, 0) is 11.3 Å². The van der Waals surface area contributed by atoms with Gasteiger partial charge >= 0.3 is 5.69 Å². The van der Waals surface area contributed by atoms with Gasteiger partial charge in [-0.1, -0.05) is 6.07 Å². The number of aliphatic hydroxyl groups is 1. The zero-order valence-electron chi connectivity index (χ0n) is 10.5. The smallest absolute Gasteiger partial charge is 0.304 e. The Balaban J connectivity index is 2.26. The number of halogens is 1. The molecule has 1 aromatic rings. The summed E-state index contributed by atoms with van der Waals surface area (Å²) in [6, 6.07) is 3.85. The van der Waals surface area contributed by atoms with Gasteiger partial charge in [-0.3, -0.25) is 10.1 Å². The number of hydrogen-bond acceptors (Lipinski definition) is 5. The van der Waals surface area contributed by atoms with E-state index >= 15 is 0 Å². The van der Waals surface area contributed by atoms with Gasteiger partial charge in [0, 0.05) is 19.2 Å². The van der Waals surface area contributed by atoms with Crippen LogP contribution in [0.5, 0.6) is 0 Å². The first-order chi connectivity index (χ1) is 9.15. The molecule has 0 aliphatic rings. The summed E-state index contributed by atoms with van der Waals surface area (Å²) in [5.41, 5.74) is 0.139. The molecule has 2 N–H and O–H groups in total. The predicted octanol–water partition coefficient (Wildman–Crippen LogP) is 1.22. The molecule has 106 valence electrons. The second-order valence-corrected chi connectivity index (χ2v) is 3.91. The molecule has 0 amide bonds. The molecule has 0 aromatic heterocycles. The average Bonchev–Trinajstić information content (AvgIpc) is 2.37. The third kappa shape index (κ3) is 5.73. The molecule has 0 saturated heterocycles. The molecule has 6 nitrogen and oxygen atoms in total. The first-order valence-corrected chi connectivity index (χ1v) is 5.97. The molecule has 0 aliphatic heterocycles. The SMILES string of the molecule is O=[N+]([O-])c1ccc(CNCCCOCCO)cc1F. The van der Waals surface area contributed by atoms with Crippen LogP contribution in [0.4, 0.5) is 10.1 Å². The van der Waals surface area contributed by atoms with Crippen LogP contribution >= 0.6 is 0 Å². The highest BCUT2D eigenvalue weighted by Crippen LogP contribution is 2.17. The summed E-state index contributed by atoms with van der Waals surface area (Å²) in [7, 11) is 0. The number of benzene rings is 1. The van der Waals surface area contributed by atoms with Gasteiger partial charge in [-0.05, 0) is 24.6 Å². The second kappa shape index (κ2) is 8.52. The molecule has 1 rings (SSSR count). The first kappa shape index (κ1) is 15.5. The summed E-state index contributed by atoms with van der Waals surface area (Å²) in [5, 5.41) is 22.0. The number of nitrogens with zero attached hydrogens (tertiary/aromatic N) is 1. The molecule has 19 heavy (non-hydrogen) atoms. The number of rotatable bonds is 9. The fourth-order valence-electron chi connectivity index (χ4n) is 1.51. The lowest BCUT2D eigenvalue weighted by Gasteiger charge is -2.05. The molecule has 0 fully saturated rings. The Labute approximate surface area is 110 Å². The molecule has 0 unspecified atom stereocenters. The van der Waals surface area contributed by atoms with Gasteiger partial charge in [0.15, 0.2) is 0 Å². The lowest BCUT2D eigenvalue weighted by atomic mass is 10.2. The van der Waals surface area contributed by atoms with Crippen LogP contribution in [0.3, 0.4) is 0 Å². The fourth-order valence-corrected chi connectivity index (χ4v) is 1.51. The highest BCUT2D eigenvalue weighted by molar-refractivity contribution is 5.34. The minimum Gasteiger partial charge on any atom is -0.394 e. The zero-order chi connectivity index (χ0) is 14.1. The predicted molar refractivity (Wildman–Crippen MR) is 67.3 cm³/mol. The van der Waals surface area contributed by atoms with Crippen molar-refractivity contribution in [3.8, 4) is 0 Å².